The summed E-state index contributed by atoms with van der Waals surface area (Å²) in [5.41, 5.74) is 8.48. The van der Waals surface area contributed by atoms with Crippen molar-refractivity contribution in [3.8, 4) is 0 Å². The zero-order chi connectivity index (χ0) is 22.0. The van der Waals surface area contributed by atoms with Gasteiger partial charge in [-0.1, -0.05) is 45.4 Å². The molecule has 8 nitrogen and oxygen atoms in total. The van der Waals surface area contributed by atoms with E-state index in [2.05, 4.69) is 41.2 Å². The first kappa shape index (κ1) is 21.3. The summed E-state index contributed by atoms with van der Waals surface area (Å²) in [4.78, 5) is 30.4. The van der Waals surface area contributed by atoms with Crippen LogP contribution in [0.3, 0.4) is 0 Å². The van der Waals surface area contributed by atoms with Crippen LogP contribution in [-0.2, 0) is 12.3 Å². The summed E-state index contributed by atoms with van der Waals surface area (Å²) in [5, 5.41) is 4.33. The molecule has 0 fully saturated rings. The van der Waals surface area contributed by atoms with E-state index in [9.17, 15) is 4.79 Å². The van der Waals surface area contributed by atoms with Gasteiger partial charge in [-0.2, -0.15) is 15.0 Å². The summed E-state index contributed by atoms with van der Waals surface area (Å²) in [7, 11) is 0. The molecule has 10 heteroatoms. The van der Waals surface area contributed by atoms with Crippen LogP contribution in [0, 0.1) is 6.92 Å². The van der Waals surface area contributed by atoms with Gasteiger partial charge in [-0.3, -0.25) is 9.36 Å². The Kier molecular flexibility index (Phi) is 6.19. The second-order valence-corrected chi connectivity index (χ2v) is 8.68. The quantitative estimate of drug-likeness (QED) is 0.299. The smallest absolute Gasteiger partial charge is 0.262 e. The van der Waals surface area contributed by atoms with Crippen LogP contribution >= 0.6 is 27.7 Å². The van der Waals surface area contributed by atoms with Crippen molar-refractivity contribution in [2.24, 2.45) is 0 Å². The lowest BCUT2D eigenvalue weighted by Gasteiger charge is -2.11. The lowest BCUT2D eigenvalue weighted by Crippen LogP contribution is -2.22. The van der Waals surface area contributed by atoms with Gasteiger partial charge < -0.3 is 11.1 Å². The van der Waals surface area contributed by atoms with Crippen LogP contribution in [0.1, 0.15) is 18.3 Å². The number of halogens is 1. The van der Waals surface area contributed by atoms with E-state index in [1.165, 1.54) is 11.8 Å². The molecular formula is C21H20BrN7OS. The van der Waals surface area contributed by atoms with Crippen LogP contribution in [0.15, 0.2) is 56.9 Å². The first-order valence-electron chi connectivity index (χ1n) is 9.60. The third-order valence-corrected chi connectivity index (χ3v) is 6.00. The number of anilines is 3. The zero-order valence-corrected chi connectivity index (χ0v) is 19.4. The molecule has 0 aliphatic carbocycles. The number of nitrogen functional groups attached to an aromatic ring is 1. The van der Waals surface area contributed by atoms with Crippen LogP contribution in [0.25, 0.3) is 10.9 Å². The summed E-state index contributed by atoms with van der Waals surface area (Å²) in [5.74, 6) is 1.39. The number of benzene rings is 2. The van der Waals surface area contributed by atoms with Crippen LogP contribution < -0.4 is 16.6 Å². The molecule has 2 aromatic carbocycles. The van der Waals surface area contributed by atoms with E-state index in [1.807, 2.05) is 50.2 Å². The number of aryl methyl sites for hydroxylation is 1. The minimum absolute atomic E-state index is 0.0758. The Labute approximate surface area is 191 Å². The average molecular weight is 498 g/mol. The summed E-state index contributed by atoms with van der Waals surface area (Å²) in [6.45, 7) is 4.45. The third-order valence-electron chi connectivity index (χ3n) is 4.53. The minimum Gasteiger partial charge on any atom is -0.368 e. The van der Waals surface area contributed by atoms with Gasteiger partial charge in [0.15, 0.2) is 5.16 Å². The molecule has 158 valence electrons. The van der Waals surface area contributed by atoms with E-state index in [4.69, 9.17) is 5.73 Å². The maximum atomic E-state index is 12.9. The Morgan fingerprint density at radius 1 is 1.10 bits per heavy atom. The second kappa shape index (κ2) is 9.03. The van der Waals surface area contributed by atoms with Crippen LogP contribution in [-0.4, -0.2) is 24.5 Å². The number of fused-ring (bicyclic) bond motifs is 1. The molecular weight excluding hydrogens is 478 g/mol. The Balaban J connectivity index is 1.59. The van der Waals surface area contributed by atoms with Gasteiger partial charge >= 0.3 is 0 Å². The Morgan fingerprint density at radius 2 is 1.87 bits per heavy atom. The lowest BCUT2D eigenvalue weighted by molar-refractivity contribution is 0.634. The summed E-state index contributed by atoms with van der Waals surface area (Å²) in [6, 6.07) is 13.4. The molecule has 4 aromatic rings. The molecule has 0 aliphatic heterocycles. The number of hydrogen-bond donors (Lipinski definition) is 2. The van der Waals surface area contributed by atoms with Gasteiger partial charge in [-0.15, -0.1) is 0 Å². The molecule has 0 aliphatic rings. The average Bonchev–Trinajstić information content (AvgIpc) is 2.74. The van der Waals surface area contributed by atoms with E-state index >= 15 is 0 Å². The van der Waals surface area contributed by atoms with E-state index in [1.54, 1.807) is 10.6 Å². The van der Waals surface area contributed by atoms with Crippen molar-refractivity contribution in [1.82, 2.24) is 24.5 Å². The fraction of sp³-hybridized carbons (Fsp3) is 0.190. The molecule has 4 rings (SSSR count). The van der Waals surface area contributed by atoms with Crippen LogP contribution in [0.2, 0.25) is 0 Å². The lowest BCUT2D eigenvalue weighted by atomic mass is 10.2. The van der Waals surface area contributed by atoms with Gasteiger partial charge in [-0.05, 0) is 44.2 Å². The standard InChI is InChI=1S/C21H20BrN7OS/c1-3-29-18(30)15-10-13(22)6-9-16(15)25-21(29)31-11-17-26-19(23)28-20(27-17)24-14-7-4-12(2)5-8-14/h4-10H,3,11H2,1-2H3,(H3,23,24,26,27,28). The highest BCUT2D eigenvalue weighted by atomic mass is 79.9. The molecule has 0 atom stereocenters. The number of nitrogens with zero attached hydrogens (tertiary/aromatic N) is 5. The third kappa shape index (κ3) is 4.86. The second-order valence-electron chi connectivity index (χ2n) is 6.82. The van der Waals surface area contributed by atoms with E-state index in [0.717, 1.165) is 15.7 Å². The number of nitrogens with two attached hydrogens (primary N) is 1. The molecule has 2 heterocycles. The van der Waals surface area contributed by atoms with Crippen molar-refractivity contribution in [3.05, 3.63) is 68.7 Å². The maximum Gasteiger partial charge on any atom is 0.262 e. The van der Waals surface area contributed by atoms with E-state index in [-0.39, 0.29) is 11.5 Å². The molecule has 3 N–H and O–H groups in total. The van der Waals surface area contributed by atoms with Crippen molar-refractivity contribution in [3.63, 3.8) is 0 Å². The monoisotopic (exact) mass is 497 g/mol. The highest BCUT2D eigenvalue weighted by molar-refractivity contribution is 9.10. The van der Waals surface area contributed by atoms with Gasteiger partial charge in [0.05, 0.1) is 16.7 Å². The number of thioether (sulfide) groups is 1. The topological polar surface area (TPSA) is 112 Å². The molecule has 0 saturated carbocycles. The predicted molar refractivity (Wildman–Crippen MR) is 128 cm³/mol. The van der Waals surface area contributed by atoms with Crippen molar-refractivity contribution < 1.29 is 0 Å². The molecule has 2 aromatic heterocycles. The molecule has 0 spiro atoms. The van der Waals surface area contributed by atoms with Gasteiger partial charge in [0, 0.05) is 16.7 Å². The normalized spacial score (nSPS) is 11.1. The maximum absolute atomic E-state index is 12.9. The molecule has 0 bridgehead atoms. The Hall–Kier alpha value is -2.98. The SMILES string of the molecule is CCn1c(SCc2nc(N)nc(Nc3ccc(C)cc3)n2)nc2ccc(Br)cc2c1=O. The summed E-state index contributed by atoms with van der Waals surface area (Å²) >= 11 is 4.80. The van der Waals surface area contributed by atoms with Crippen LogP contribution in [0.5, 0.6) is 0 Å². The predicted octanol–water partition coefficient (Wildman–Crippen LogP) is 4.29. The number of hydrogen-bond acceptors (Lipinski definition) is 8. The molecule has 0 radical (unpaired) electrons. The Bertz CT molecular complexity index is 1310. The molecule has 0 unspecified atom stereocenters. The Morgan fingerprint density at radius 3 is 2.61 bits per heavy atom. The van der Waals surface area contributed by atoms with Crippen molar-refractivity contribution in [1.29, 1.82) is 0 Å². The molecule has 0 saturated heterocycles. The zero-order valence-electron chi connectivity index (χ0n) is 17.0. The van der Waals surface area contributed by atoms with Crippen LogP contribution in [0.4, 0.5) is 17.6 Å². The number of nitrogens with one attached hydrogen (secondary N) is 1. The minimum atomic E-state index is -0.0758. The van der Waals surface area contributed by atoms with Gasteiger partial charge in [0.2, 0.25) is 11.9 Å². The largest absolute Gasteiger partial charge is 0.368 e. The molecule has 31 heavy (non-hydrogen) atoms. The van der Waals surface area contributed by atoms with Crippen molar-refractivity contribution in [2.45, 2.75) is 31.3 Å². The summed E-state index contributed by atoms with van der Waals surface area (Å²) in [6.07, 6.45) is 0. The summed E-state index contributed by atoms with van der Waals surface area (Å²) < 4.78 is 2.49. The van der Waals surface area contributed by atoms with Crippen molar-refractivity contribution >= 4 is 56.2 Å². The van der Waals surface area contributed by atoms with Gasteiger partial charge in [0.1, 0.15) is 5.82 Å². The van der Waals surface area contributed by atoms with E-state index < -0.39 is 0 Å². The number of aromatic nitrogens is 5. The van der Waals surface area contributed by atoms with Gasteiger partial charge in [-0.25, -0.2) is 4.98 Å². The van der Waals surface area contributed by atoms with E-state index in [0.29, 0.717) is 40.1 Å². The first-order chi connectivity index (χ1) is 14.9. The first-order valence-corrected chi connectivity index (χ1v) is 11.4. The highest BCUT2D eigenvalue weighted by Crippen LogP contribution is 2.23. The van der Waals surface area contributed by atoms with Crippen molar-refractivity contribution in [2.75, 3.05) is 11.1 Å². The molecule has 0 amide bonds. The highest BCUT2D eigenvalue weighted by Gasteiger charge is 2.13. The fourth-order valence-electron chi connectivity index (χ4n) is 3.02. The number of rotatable bonds is 6. The fourth-order valence-corrected chi connectivity index (χ4v) is 4.29. The van der Waals surface area contributed by atoms with Gasteiger partial charge in [0.25, 0.3) is 5.56 Å².